The van der Waals surface area contributed by atoms with Gasteiger partial charge in [-0.25, -0.2) is 13.1 Å². The van der Waals surface area contributed by atoms with Gasteiger partial charge in [-0.05, 0) is 60.1 Å². The number of methoxy groups -OCH3 is 1. The fraction of sp³-hybridized carbons (Fsp3) is 0.235. The fourth-order valence-corrected chi connectivity index (χ4v) is 3.99. The topological polar surface area (TPSA) is 84.5 Å². The molecule has 0 atom stereocenters. The second-order valence-corrected chi connectivity index (χ2v) is 8.11. The zero-order valence-electron chi connectivity index (χ0n) is 14.0. The highest BCUT2D eigenvalue weighted by molar-refractivity contribution is 9.10. The maximum atomic E-state index is 12.5. The van der Waals surface area contributed by atoms with E-state index in [1.54, 1.807) is 32.0 Å². The lowest BCUT2D eigenvalue weighted by molar-refractivity contribution is 0.102. The Labute approximate surface area is 155 Å². The van der Waals surface area contributed by atoms with E-state index in [1.807, 2.05) is 6.07 Å². The molecule has 2 N–H and O–H groups in total. The number of sulfonamides is 1. The number of anilines is 1. The molecule has 0 heterocycles. The minimum atomic E-state index is -3.80. The van der Waals surface area contributed by atoms with Crippen molar-refractivity contribution in [2.24, 2.45) is 0 Å². The lowest BCUT2D eigenvalue weighted by Gasteiger charge is -2.14. The summed E-state index contributed by atoms with van der Waals surface area (Å²) in [5.74, 6) is -0.249. The number of carbonyl (C=O) groups is 1. The number of para-hydroxylation sites is 1. The van der Waals surface area contributed by atoms with Crippen molar-refractivity contribution in [3.05, 3.63) is 52.5 Å². The first kappa shape index (κ1) is 19.4. The molecule has 0 unspecified atom stereocenters. The molecule has 0 saturated carbocycles. The first-order valence-corrected chi connectivity index (χ1v) is 9.78. The predicted octanol–water partition coefficient (Wildman–Crippen LogP) is 3.40. The molecule has 0 aliphatic heterocycles. The summed E-state index contributed by atoms with van der Waals surface area (Å²) in [7, 11) is -2.42. The van der Waals surface area contributed by atoms with Crippen LogP contribution in [0.2, 0.25) is 0 Å². The van der Waals surface area contributed by atoms with Crippen LogP contribution in [0.15, 0.2) is 51.8 Å². The quantitative estimate of drug-likeness (QED) is 0.740. The number of nitrogens with one attached hydrogen (secondary N) is 2. The smallest absolute Gasteiger partial charge is 0.255 e. The Bertz CT molecular complexity index is 882. The standard InChI is InChI=1S/C17H19BrN2O4S/c1-11(2)20-25(22,23)16-10-12(8-9-15(16)24-3)17(21)19-14-7-5-4-6-13(14)18/h4-11,20H,1-3H3,(H,19,21). The molecule has 2 aromatic carbocycles. The molecule has 0 aromatic heterocycles. The lowest BCUT2D eigenvalue weighted by atomic mass is 10.2. The first-order valence-electron chi connectivity index (χ1n) is 7.51. The van der Waals surface area contributed by atoms with E-state index in [0.29, 0.717) is 5.69 Å². The summed E-state index contributed by atoms with van der Waals surface area (Å²) in [5, 5.41) is 2.74. The molecule has 0 radical (unpaired) electrons. The molecule has 0 aliphatic rings. The van der Waals surface area contributed by atoms with Crippen LogP contribution in [-0.4, -0.2) is 27.5 Å². The van der Waals surface area contributed by atoms with Crippen molar-refractivity contribution in [2.75, 3.05) is 12.4 Å². The molecule has 0 fully saturated rings. The first-order chi connectivity index (χ1) is 11.7. The van der Waals surface area contributed by atoms with Gasteiger partial charge in [0.2, 0.25) is 10.0 Å². The Morgan fingerprint density at radius 2 is 1.84 bits per heavy atom. The van der Waals surface area contributed by atoms with Crippen LogP contribution < -0.4 is 14.8 Å². The molecule has 1 amide bonds. The van der Waals surface area contributed by atoms with Crippen LogP contribution in [0.5, 0.6) is 5.75 Å². The van der Waals surface area contributed by atoms with E-state index in [9.17, 15) is 13.2 Å². The van der Waals surface area contributed by atoms with E-state index in [1.165, 1.54) is 25.3 Å². The molecular formula is C17H19BrN2O4S. The van der Waals surface area contributed by atoms with E-state index in [4.69, 9.17) is 4.74 Å². The van der Waals surface area contributed by atoms with Crippen LogP contribution in [0.25, 0.3) is 0 Å². The van der Waals surface area contributed by atoms with Crippen molar-refractivity contribution in [1.29, 1.82) is 0 Å². The van der Waals surface area contributed by atoms with Gasteiger partial charge < -0.3 is 10.1 Å². The van der Waals surface area contributed by atoms with Gasteiger partial charge in [0.1, 0.15) is 10.6 Å². The Kier molecular flexibility index (Phi) is 6.21. The molecule has 0 aliphatic carbocycles. The summed E-state index contributed by atoms with van der Waals surface area (Å²) in [6.45, 7) is 3.43. The number of rotatable bonds is 6. The van der Waals surface area contributed by atoms with E-state index in [2.05, 4.69) is 26.0 Å². The number of amides is 1. The summed E-state index contributed by atoms with van der Waals surface area (Å²) in [4.78, 5) is 12.4. The van der Waals surface area contributed by atoms with E-state index in [-0.39, 0.29) is 22.3 Å². The Balaban J connectivity index is 2.38. The van der Waals surface area contributed by atoms with Gasteiger partial charge in [-0.1, -0.05) is 12.1 Å². The maximum Gasteiger partial charge on any atom is 0.255 e. The van der Waals surface area contributed by atoms with Gasteiger partial charge in [0, 0.05) is 16.1 Å². The van der Waals surface area contributed by atoms with Crippen LogP contribution in [-0.2, 0) is 10.0 Å². The molecule has 2 aromatic rings. The molecule has 134 valence electrons. The molecular weight excluding hydrogens is 408 g/mol. The minimum absolute atomic E-state index is 0.0801. The Hall–Kier alpha value is -1.90. The summed E-state index contributed by atoms with van der Waals surface area (Å²) in [5.41, 5.74) is 0.800. The number of carbonyl (C=O) groups excluding carboxylic acids is 1. The third-order valence-electron chi connectivity index (χ3n) is 3.23. The highest BCUT2D eigenvalue weighted by Crippen LogP contribution is 2.26. The van der Waals surface area contributed by atoms with Gasteiger partial charge in [0.05, 0.1) is 12.8 Å². The lowest BCUT2D eigenvalue weighted by Crippen LogP contribution is -2.30. The minimum Gasteiger partial charge on any atom is -0.495 e. The fourth-order valence-electron chi connectivity index (χ4n) is 2.16. The second kappa shape index (κ2) is 7.99. The zero-order chi connectivity index (χ0) is 18.6. The number of halogens is 1. The highest BCUT2D eigenvalue weighted by atomic mass is 79.9. The molecule has 25 heavy (non-hydrogen) atoms. The summed E-state index contributed by atoms with van der Waals surface area (Å²) in [6.07, 6.45) is 0. The summed E-state index contributed by atoms with van der Waals surface area (Å²) < 4.78 is 33.3. The van der Waals surface area contributed by atoms with E-state index in [0.717, 1.165) is 4.47 Å². The second-order valence-electron chi connectivity index (χ2n) is 5.58. The van der Waals surface area contributed by atoms with Crippen molar-refractivity contribution >= 4 is 37.5 Å². The molecule has 6 nitrogen and oxygen atoms in total. The van der Waals surface area contributed by atoms with Crippen molar-refractivity contribution in [2.45, 2.75) is 24.8 Å². The zero-order valence-corrected chi connectivity index (χ0v) is 16.4. The van der Waals surface area contributed by atoms with Gasteiger partial charge in [0.15, 0.2) is 0 Å². The van der Waals surface area contributed by atoms with Crippen molar-refractivity contribution in [1.82, 2.24) is 4.72 Å². The van der Waals surface area contributed by atoms with Gasteiger partial charge in [-0.3, -0.25) is 4.79 Å². The maximum absolute atomic E-state index is 12.5. The number of benzene rings is 2. The van der Waals surface area contributed by atoms with E-state index < -0.39 is 15.9 Å². The molecule has 0 spiro atoms. The number of hydrogen-bond acceptors (Lipinski definition) is 4. The van der Waals surface area contributed by atoms with Crippen LogP contribution in [0.1, 0.15) is 24.2 Å². The third kappa shape index (κ3) is 4.81. The average Bonchev–Trinajstić information content (AvgIpc) is 2.55. The largest absolute Gasteiger partial charge is 0.495 e. The van der Waals surface area contributed by atoms with Gasteiger partial charge >= 0.3 is 0 Å². The SMILES string of the molecule is COc1ccc(C(=O)Nc2ccccc2Br)cc1S(=O)(=O)NC(C)C. The molecule has 8 heteroatoms. The Morgan fingerprint density at radius 3 is 2.44 bits per heavy atom. The van der Waals surface area contributed by atoms with Crippen molar-refractivity contribution < 1.29 is 17.9 Å². The highest BCUT2D eigenvalue weighted by Gasteiger charge is 2.22. The van der Waals surface area contributed by atoms with Gasteiger partial charge in [-0.2, -0.15) is 0 Å². The van der Waals surface area contributed by atoms with Gasteiger partial charge in [0.25, 0.3) is 5.91 Å². The van der Waals surface area contributed by atoms with Crippen LogP contribution in [0, 0.1) is 0 Å². The monoisotopic (exact) mass is 426 g/mol. The Morgan fingerprint density at radius 1 is 1.16 bits per heavy atom. The summed E-state index contributed by atoms with van der Waals surface area (Å²) in [6, 6.07) is 11.1. The normalized spacial score (nSPS) is 11.4. The summed E-state index contributed by atoms with van der Waals surface area (Å²) >= 11 is 3.35. The van der Waals surface area contributed by atoms with Crippen molar-refractivity contribution in [3.8, 4) is 5.75 Å². The molecule has 0 bridgehead atoms. The van der Waals surface area contributed by atoms with E-state index >= 15 is 0 Å². The van der Waals surface area contributed by atoms with Crippen LogP contribution in [0.4, 0.5) is 5.69 Å². The van der Waals surface area contributed by atoms with Crippen molar-refractivity contribution in [3.63, 3.8) is 0 Å². The average molecular weight is 427 g/mol. The number of ether oxygens (including phenoxy) is 1. The molecule has 0 saturated heterocycles. The molecule has 2 rings (SSSR count). The number of hydrogen-bond donors (Lipinski definition) is 2. The van der Waals surface area contributed by atoms with Gasteiger partial charge in [-0.15, -0.1) is 0 Å². The van der Waals surface area contributed by atoms with Crippen LogP contribution in [0.3, 0.4) is 0 Å². The van der Waals surface area contributed by atoms with Crippen LogP contribution >= 0.6 is 15.9 Å². The predicted molar refractivity (Wildman–Crippen MR) is 101 cm³/mol. The third-order valence-corrected chi connectivity index (χ3v) is 5.60.